The van der Waals surface area contributed by atoms with E-state index in [1.54, 1.807) is 0 Å². The molecule has 2 fully saturated rings. The van der Waals surface area contributed by atoms with Crippen molar-refractivity contribution >= 4 is 35.8 Å². The molecule has 0 unspecified atom stereocenters. The first-order valence-electron chi connectivity index (χ1n) is 11.0. The molecule has 162 valence electrons. The second-order valence-corrected chi connectivity index (χ2v) is 8.35. The number of guanidine groups is 1. The predicted octanol–water partition coefficient (Wildman–Crippen LogP) is 4.48. The Bertz CT molecular complexity index is 794. The molecular formula is C24H34IN5. The van der Waals surface area contributed by atoms with Gasteiger partial charge in [0, 0.05) is 44.8 Å². The van der Waals surface area contributed by atoms with Gasteiger partial charge in [-0.1, -0.05) is 49.2 Å². The summed E-state index contributed by atoms with van der Waals surface area (Å²) in [5, 5.41) is 6.95. The maximum atomic E-state index is 4.71. The van der Waals surface area contributed by atoms with Crippen molar-refractivity contribution < 1.29 is 0 Å². The third-order valence-electron chi connectivity index (χ3n) is 6.26. The first-order valence-corrected chi connectivity index (χ1v) is 11.0. The summed E-state index contributed by atoms with van der Waals surface area (Å²) >= 11 is 0. The van der Waals surface area contributed by atoms with Crippen molar-refractivity contribution in [2.45, 2.75) is 50.5 Å². The van der Waals surface area contributed by atoms with Crippen LogP contribution in [0.25, 0.3) is 0 Å². The largest absolute Gasteiger partial charge is 0.357 e. The van der Waals surface area contributed by atoms with Crippen LogP contribution in [-0.4, -0.2) is 37.6 Å². The quantitative estimate of drug-likeness (QED) is 0.336. The van der Waals surface area contributed by atoms with Gasteiger partial charge in [-0.2, -0.15) is 0 Å². The van der Waals surface area contributed by atoms with Gasteiger partial charge in [0.05, 0.1) is 0 Å². The van der Waals surface area contributed by atoms with Crippen LogP contribution in [0, 0.1) is 0 Å². The summed E-state index contributed by atoms with van der Waals surface area (Å²) in [6.45, 7) is 3.91. The number of halogens is 1. The van der Waals surface area contributed by atoms with Crippen LogP contribution in [0.4, 0.5) is 5.82 Å². The lowest BCUT2D eigenvalue weighted by atomic mass is 9.96. The topological polar surface area (TPSA) is 52.6 Å². The zero-order valence-corrected chi connectivity index (χ0v) is 20.3. The van der Waals surface area contributed by atoms with E-state index in [-0.39, 0.29) is 29.4 Å². The van der Waals surface area contributed by atoms with Crippen molar-refractivity contribution in [3.8, 4) is 0 Å². The van der Waals surface area contributed by atoms with Crippen LogP contribution in [0.5, 0.6) is 0 Å². The van der Waals surface area contributed by atoms with Gasteiger partial charge in [-0.15, -0.1) is 24.0 Å². The molecule has 2 aliphatic rings. The molecule has 0 atom stereocenters. The average molecular weight is 519 g/mol. The van der Waals surface area contributed by atoms with Crippen molar-refractivity contribution in [3.05, 3.63) is 59.8 Å². The van der Waals surface area contributed by atoms with Gasteiger partial charge in [-0.05, 0) is 42.9 Å². The summed E-state index contributed by atoms with van der Waals surface area (Å²) in [4.78, 5) is 11.5. The first kappa shape index (κ1) is 22.8. The van der Waals surface area contributed by atoms with Crippen molar-refractivity contribution in [3.63, 3.8) is 0 Å². The Hall–Kier alpha value is -1.83. The SMILES string of the molecule is CN=C(NCc1ccc(N2CCCCCC2)nc1)NCC1(c2ccccc2)CC1.I. The van der Waals surface area contributed by atoms with Crippen LogP contribution in [0.15, 0.2) is 53.7 Å². The molecule has 0 radical (unpaired) electrons. The van der Waals surface area contributed by atoms with Crippen LogP contribution < -0.4 is 15.5 Å². The summed E-state index contributed by atoms with van der Waals surface area (Å²) in [5.74, 6) is 1.96. The lowest BCUT2D eigenvalue weighted by Gasteiger charge is -2.21. The molecule has 0 spiro atoms. The third kappa shape index (κ3) is 5.86. The fraction of sp³-hybridized carbons (Fsp3) is 0.500. The fourth-order valence-corrected chi connectivity index (χ4v) is 4.18. The highest BCUT2D eigenvalue weighted by molar-refractivity contribution is 14.0. The highest BCUT2D eigenvalue weighted by Gasteiger charge is 2.43. The van der Waals surface area contributed by atoms with Gasteiger partial charge in [0.2, 0.25) is 0 Å². The van der Waals surface area contributed by atoms with E-state index in [4.69, 9.17) is 4.98 Å². The highest BCUT2D eigenvalue weighted by Crippen LogP contribution is 2.47. The second-order valence-electron chi connectivity index (χ2n) is 8.35. The summed E-state index contributed by atoms with van der Waals surface area (Å²) in [5.41, 5.74) is 2.88. The number of nitrogens with zero attached hydrogens (tertiary/aromatic N) is 3. The Balaban J connectivity index is 0.00000256. The average Bonchev–Trinajstić information content (AvgIpc) is 3.60. The molecule has 1 saturated heterocycles. The monoisotopic (exact) mass is 519 g/mol. The molecule has 2 heterocycles. The van der Waals surface area contributed by atoms with E-state index in [2.05, 4.69) is 63.0 Å². The van der Waals surface area contributed by atoms with E-state index >= 15 is 0 Å². The van der Waals surface area contributed by atoms with Gasteiger partial charge in [0.1, 0.15) is 5.82 Å². The lowest BCUT2D eigenvalue weighted by Crippen LogP contribution is -2.40. The molecular weight excluding hydrogens is 485 g/mol. The number of aromatic nitrogens is 1. The van der Waals surface area contributed by atoms with Crippen LogP contribution in [-0.2, 0) is 12.0 Å². The number of hydrogen-bond donors (Lipinski definition) is 2. The van der Waals surface area contributed by atoms with E-state index < -0.39 is 0 Å². The van der Waals surface area contributed by atoms with Gasteiger partial charge in [-0.25, -0.2) is 4.98 Å². The number of anilines is 1. The standard InChI is InChI=1S/C24H33N5.HI/c1-25-23(28-19-24(13-14-24)21-9-5-4-6-10-21)27-18-20-11-12-22(26-17-20)29-15-7-2-3-8-16-29;/h4-6,9-12,17H,2-3,7-8,13-16,18-19H2,1H3,(H2,25,27,28);1H. The van der Waals surface area contributed by atoms with Crippen molar-refractivity contribution in [1.82, 2.24) is 15.6 Å². The van der Waals surface area contributed by atoms with Gasteiger partial charge in [0.15, 0.2) is 5.96 Å². The second kappa shape index (κ2) is 11.0. The Kier molecular flexibility index (Phi) is 8.36. The van der Waals surface area contributed by atoms with E-state index in [1.807, 2.05) is 13.2 Å². The lowest BCUT2D eigenvalue weighted by molar-refractivity contribution is 0.645. The summed E-state index contributed by atoms with van der Waals surface area (Å²) in [7, 11) is 1.83. The van der Waals surface area contributed by atoms with E-state index in [9.17, 15) is 0 Å². The summed E-state index contributed by atoms with van der Waals surface area (Å²) in [6.07, 6.45) is 9.71. The third-order valence-corrected chi connectivity index (χ3v) is 6.26. The number of rotatable bonds is 6. The molecule has 30 heavy (non-hydrogen) atoms. The Labute approximate surface area is 197 Å². The number of hydrogen-bond acceptors (Lipinski definition) is 3. The van der Waals surface area contributed by atoms with Crippen molar-refractivity contribution in [2.75, 3.05) is 31.6 Å². The molecule has 1 aliphatic heterocycles. The Morgan fingerprint density at radius 2 is 1.73 bits per heavy atom. The molecule has 1 aromatic carbocycles. The highest BCUT2D eigenvalue weighted by atomic mass is 127. The molecule has 1 aromatic heterocycles. The van der Waals surface area contributed by atoms with Crippen LogP contribution >= 0.6 is 24.0 Å². The van der Waals surface area contributed by atoms with Crippen LogP contribution in [0.2, 0.25) is 0 Å². The minimum absolute atomic E-state index is 0. The molecule has 6 heteroatoms. The zero-order valence-electron chi connectivity index (χ0n) is 17.9. The number of aliphatic imine (C=N–C) groups is 1. The minimum Gasteiger partial charge on any atom is -0.357 e. The maximum Gasteiger partial charge on any atom is 0.191 e. The molecule has 1 aliphatic carbocycles. The summed E-state index contributed by atoms with van der Waals surface area (Å²) in [6, 6.07) is 15.2. The zero-order chi connectivity index (χ0) is 19.9. The molecule has 1 saturated carbocycles. The van der Waals surface area contributed by atoms with Crippen molar-refractivity contribution in [1.29, 1.82) is 0 Å². The van der Waals surface area contributed by atoms with Crippen molar-refractivity contribution in [2.24, 2.45) is 4.99 Å². The van der Waals surface area contributed by atoms with Gasteiger partial charge in [-0.3, -0.25) is 4.99 Å². The van der Waals surface area contributed by atoms with E-state index in [0.29, 0.717) is 0 Å². The normalized spacial score (nSPS) is 18.2. The molecule has 2 N–H and O–H groups in total. The molecule has 0 bridgehead atoms. The van der Waals surface area contributed by atoms with Crippen LogP contribution in [0.1, 0.15) is 49.7 Å². The first-order chi connectivity index (χ1) is 14.3. The Morgan fingerprint density at radius 1 is 1.00 bits per heavy atom. The smallest absolute Gasteiger partial charge is 0.191 e. The predicted molar refractivity (Wildman–Crippen MR) is 136 cm³/mol. The van der Waals surface area contributed by atoms with E-state index in [1.165, 1.54) is 49.7 Å². The van der Waals surface area contributed by atoms with E-state index in [0.717, 1.165) is 38.0 Å². The number of pyridine rings is 1. The van der Waals surface area contributed by atoms with Crippen LogP contribution in [0.3, 0.4) is 0 Å². The maximum absolute atomic E-state index is 4.71. The summed E-state index contributed by atoms with van der Waals surface area (Å²) < 4.78 is 0. The number of nitrogens with one attached hydrogen (secondary N) is 2. The Morgan fingerprint density at radius 3 is 2.33 bits per heavy atom. The molecule has 2 aromatic rings. The minimum atomic E-state index is 0. The fourth-order valence-electron chi connectivity index (χ4n) is 4.18. The van der Waals surface area contributed by atoms with Gasteiger partial charge in [0.25, 0.3) is 0 Å². The number of benzene rings is 1. The van der Waals surface area contributed by atoms with Gasteiger partial charge < -0.3 is 15.5 Å². The van der Waals surface area contributed by atoms with Gasteiger partial charge >= 0.3 is 0 Å². The molecule has 5 nitrogen and oxygen atoms in total. The molecule has 4 rings (SSSR count). The molecule has 0 amide bonds.